The van der Waals surface area contributed by atoms with Crippen molar-refractivity contribution >= 4 is 34.8 Å². The molecule has 132 valence electrons. The first kappa shape index (κ1) is 19.2. The second-order valence-corrected chi connectivity index (χ2v) is 7.51. The number of nitrogens with zero attached hydrogens (tertiary/aromatic N) is 1. The number of nitrogens with one attached hydrogen (secondary N) is 1. The molecular formula is C19H21ClN2O2S. The van der Waals surface area contributed by atoms with Crippen LogP contribution in [-0.2, 0) is 11.3 Å². The second kappa shape index (κ2) is 9.39. The molecule has 2 amide bonds. The summed E-state index contributed by atoms with van der Waals surface area (Å²) in [7, 11) is 0. The summed E-state index contributed by atoms with van der Waals surface area (Å²) in [6, 6.07) is 12.4. The molecule has 0 aliphatic heterocycles. The van der Waals surface area contributed by atoms with Crippen molar-refractivity contribution in [2.45, 2.75) is 25.9 Å². The average Bonchev–Trinajstić information content (AvgIpc) is 3.00. The van der Waals surface area contributed by atoms with Gasteiger partial charge in [-0.1, -0.05) is 35.9 Å². The number of amides is 2. The van der Waals surface area contributed by atoms with Gasteiger partial charge in [0, 0.05) is 29.4 Å². The first-order valence-corrected chi connectivity index (χ1v) is 9.18. The first-order chi connectivity index (χ1) is 12.0. The van der Waals surface area contributed by atoms with Crippen LogP contribution in [0.3, 0.4) is 0 Å². The van der Waals surface area contributed by atoms with E-state index in [1.807, 2.05) is 37.3 Å². The lowest BCUT2D eigenvalue weighted by Gasteiger charge is -2.23. The minimum Gasteiger partial charge on any atom is -0.349 e. The number of rotatable bonds is 8. The Morgan fingerprint density at radius 3 is 2.60 bits per heavy atom. The molecule has 2 aromatic rings. The number of hydrogen-bond donors (Lipinski definition) is 1. The van der Waals surface area contributed by atoms with Crippen molar-refractivity contribution in [2.24, 2.45) is 0 Å². The number of halogens is 1. The van der Waals surface area contributed by atoms with Crippen molar-refractivity contribution in [2.75, 3.05) is 6.54 Å². The molecule has 0 fully saturated rings. The highest BCUT2D eigenvalue weighted by Gasteiger charge is 2.18. The number of carbonyl (C=O) groups is 2. The van der Waals surface area contributed by atoms with E-state index < -0.39 is 0 Å². The van der Waals surface area contributed by atoms with Crippen LogP contribution in [0.4, 0.5) is 0 Å². The number of thiophene rings is 1. The van der Waals surface area contributed by atoms with E-state index in [2.05, 4.69) is 11.9 Å². The lowest BCUT2D eigenvalue weighted by atomic mass is 10.1. The Morgan fingerprint density at radius 2 is 2.00 bits per heavy atom. The molecule has 0 aliphatic rings. The minimum absolute atomic E-state index is 0.0368. The molecule has 1 aromatic carbocycles. The van der Waals surface area contributed by atoms with Gasteiger partial charge >= 0.3 is 0 Å². The number of hydrogen-bond acceptors (Lipinski definition) is 3. The molecule has 4 nitrogen and oxygen atoms in total. The van der Waals surface area contributed by atoms with Crippen LogP contribution in [0.2, 0.25) is 4.34 Å². The summed E-state index contributed by atoms with van der Waals surface area (Å²) in [4.78, 5) is 27.5. The Morgan fingerprint density at radius 1 is 1.28 bits per heavy atom. The van der Waals surface area contributed by atoms with Crippen molar-refractivity contribution in [3.05, 3.63) is 69.9 Å². The highest BCUT2D eigenvalue weighted by Crippen LogP contribution is 2.23. The Labute approximate surface area is 157 Å². The topological polar surface area (TPSA) is 49.4 Å². The van der Waals surface area contributed by atoms with Gasteiger partial charge in [0.1, 0.15) is 0 Å². The Kier molecular flexibility index (Phi) is 7.22. The van der Waals surface area contributed by atoms with Crippen molar-refractivity contribution in [1.29, 1.82) is 0 Å². The van der Waals surface area contributed by atoms with Crippen LogP contribution in [0.15, 0.2) is 55.1 Å². The molecule has 0 spiro atoms. The van der Waals surface area contributed by atoms with E-state index in [4.69, 9.17) is 11.6 Å². The van der Waals surface area contributed by atoms with E-state index in [1.54, 1.807) is 23.1 Å². The highest BCUT2D eigenvalue weighted by atomic mass is 35.5. The van der Waals surface area contributed by atoms with Gasteiger partial charge in [0.25, 0.3) is 5.91 Å². The van der Waals surface area contributed by atoms with Crippen molar-refractivity contribution in [1.82, 2.24) is 10.2 Å². The number of carbonyl (C=O) groups excluding carboxylic acids is 2. The van der Waals surface area contributed by atoms with Crippen LogP contribution in [0.5, 0.6) is 0 Å². The fraction of sp³-hybridized carbons (Fsp3) is 0.263. The van der Waals surface area contributed by atoms with Gasteiger partial charge in [-0.05, 0) is 31.2 Å². The average molecular weight is 377 g/mol. The quantitative estimate of drug-likeness (QED) is 0.704. The highest BCUT2D eigenvalue weighted by molar-refractivity contribution is 7.16. The van der Waals surface area contributed by atoms with Crippen molar-refractivity contribution in [3.63, 3.8) is 0 Å². The largest absolute Gasteiger partial charge is 0.349 e. The van der Waals surface area contributed by atoms with Crippen LogP contribution in [-0.4, -0.2) is 29.3 Å². The fourth-order valence-corrected chi connectivity index (χ4v) is 3.48. The maximum Gasteiger partial charge on any atom is 0.251 e. The van der Waals surface area contributed by atoms with Gasteiger partial charge in [-0.25, -0.2) is 0 Å². The van der Waals surface area contributed by atoms with Crippen LogP contribution in [0.1, 0.15) is 28.6 Å². The van der Waals surface area contributed by atoms with E-state index in [-0.39, 0.29) is 24.3 Å². The molecule has 2 rings (SSSR count). The summed E-state index contributed by atoms with van der Waals surface area (Å²) < 4.78 is 0.699. The Hall–Kier alpha value is -2.11. The zero-order valence-electron chi connectivity index (χ0n) is 14.1. The molecule has 0 aliphatic carbocycles. The SMILES string of the molecule is C=CCN(Cc1ccc(Cl)s1)C(=O)CC(C)NC(=O)c1ccccc1. The summed E-state index contributed by atoms with van der Waals surface area (Å²) in [6.45, 7) is 6.48. The van der Waals surface area contributed by atoms with Gasteiger partial charge in [-0.15, -0.1) is 17.9 Å². The van der Waals surface area contributed by atoms with Crippen molar-refractivity contribution in [3.8, 4) is 0 Å². The molecule has 1 aromatic heterocycles. The molecule has 0 saturated carbocycles. The third-order valence-corrected chi connectivity index (χ3v) is 4.79. The molecule has 1 atom stereocenters. The molecule has 0 saturated heterocycles. The van der Waals surface area contributed by atoms with Gasteiger partial charge in [0.15, 0.2) is 0 Å². The summed E-state index contributed by atoms with van der Waals surface area (Å²) in [5, 5.41) is 2.86. The Balaban J connectivity index is 1.92. The van der Waals surface area contributed by atoms with Crippen LogP contribution in [0, 0.1) is 0 Å². The third kappa shape index (κ3) is 6.03. The lowest BCUT2D eigenvalue weighted by molar-refractivity contribution is -0.131. The lowest BCUT2D eigenvalue weighted by Crippen LogP contribution is -2.39. The van der Waals surface area contributed by atoms with E-state index in [1.165, 1.54) is 11.3 Å². The molecule has 1 unspecified atom stereocenters. The minimum atomic E-state index is -0.264. The first-order valence-electron chi connectivity index (χ1n) is 7.98. The van der Waals surface area contributed by atoms with E-state index in [0.29, 0.717) is 23.0 Å². The summed E-state index contributed by atoms with van der Waals surface area (Å²) >= 11 is 7.40. The maximum absolute atomic E-state index is 12.6. The summed E-state index contributed by atoms with van der Waals surface area (Å²) in [5.74, 6) is -0.216. The number of benzene rings is 1. The zero-order valence-corrected chi connectivity index (χ0v) is 15.6. The van der Waals surface area contributed by atoms with Gasteiger partial charge < -0.3 is 10.2 Å². The third-order valence-electron chi connectivity index (χ3n) is 3.57. The molecule has 1 N–H and O–H groups in total. The summed E-state index contributed by atoms with van der Waals surface area (Å²) in [6.07, 6.45) is 1.92. The Bertz CT molecular complexity index is 730. The van der Waals surface area contributed by atoms with Crippen LogP contribution < -0.4 is 5.32 Å². The van der Waals surface area contributed by atoms with Gasteiger partial charge in [0.2, 0.25) is 5.91 Å². The molecule has 25 heavy (non-hydrogen) atoms. The predicted octanol–water partition coefficient (Wildman–Crippen LogP) is 4.12. The smallest absolute Gasteiger partial charge is 0.251 e. The van der Waals surface area contributed by atoms with Gasteiger partial charge in [-0.2, -0.15) is 0 Å². The van der Waals surface area contributed by atoms with Gasteiger partial charge in [0.05, 0.1) is 10.9 Å². The maximum atomic E-state index is 12.6. The van der Waals surface area contributed by atoms with Crippen molar-refractivity contribution < 1.29 is 9.59 Å². The monoisotopic (exact) mass is 376 g/mol. The normalized spacial score (nSPS) is 11.6. The van der Waals surface area contributed by atoms with Crippen LogP contribution in [0.25, 0.3) is 0 Å². The molecule has 1 heterocycles. The molecule has 6 heteroatoms. The van der Waals surface area contributed by atoms with Gasteiger partial charge in [-0.3, -0.25) is 9.59 Å². The van der Waals surface area contributed by atoms with Crippen LogP contribution >= 0.6 is 22.9 Å². The second-order valence-electron chi connectivity index (χ2n) is 5.71. The van der Waals surface area contributed by atoms with E-state index in [9.17, 15) is 9.59 Å². The molecular weight excluding hydrogens is 356 g/mol. The molecule has 0 bridgehead atoms. The standard InChI is InChI=1S/C19H21ClN2O2S/c1-3-11-22(13-16-9-10-17(20)25-16)18(23)12-14(2)21-19(24)15-7-5-4-6-8-15/h3-10,14H,1,11-13H2,2H3,(H,21,24). The predicted molar refractivity (Wildman–Crippen MR) is 103 cm³/mol. The molecule has 0 radical (unpaired) electrons. The summed E-state index contributed by atoms with van der Waals surface area (Å²) in [5.41, 5.74) is 0.581. The van der Waals surface area contributed by atoms with E-state index in [0.717, 1.165) is 4.88 Å². The fourth-order valence-electron chi connectivity index (χ4n) is 2.37. The zero-order chi connectivity index (χ0) is 18.2. The van der Waals surface area contributed by atoms with E-state index >= 15 is 0 Å².